The summed E-state index contributed by atoms with van der Waals surface area (Å²) in [6, 6.07) is 12.4. The van der Waals surface area contributed by atoms with Gasteiger partial charge in [0.15, 0.2) is 0 Å². The fourth-order valence-corrected chi connectivity index (χ4v) is 1.87. The van der Waals surface area contributed by atoms with Crippen LogP contribution >= 0.6 is 0 Å². The summed E-state index contributed by atoms with van der Waals surface area (Å²) in [6.07, 6.45) is 2.93. The van der Waals surface area contributed by atoms with Gasteiger partial charge in [0.25, 0.3) is 0 Å². The Labute approximate surface area is 121 Å². The van der Waals surface area contributed by atoms with E-state index in [2.05, 4.69) is 41.5 Å². The minimum Gasteiger partial charge on any atom is -0.487 e. The van der Waals surface area contributed by atoms with E-state index in [1.165, 1.54) is 11.1 Å². The second kappa shape index (κ2) is 7.65. The first-order valence-corrected chi connectivity index (χ1v) is 7.12. The fraction of sp³-hybridized carbons (Fsp3) is 0.353. The molecule has 1 N–H and O–H groups in total. The molecule has 2 rings (SSSR count). The SMILES string of the molecule is CCCNCc1ccc(COc2ccc(C)nc2)cc1. The molecule has 1 heterocycles. The van der Waals surface area contributed by atoms with Crippen LogP contribution in [0.25, 0.3) is 0 Å². The van der Waals surface area contributed by atoms with Crippen LogP contribution in [0.5, 0.6) is 5.75 Å². The quantitative estimate of drug-likeness (QED) is 0.782. The van der Waals surface area contributed by atoms with Gasteiger partial charge in [0, 0.05) is 12.2 Å². The van der Waals surface area contributed by atoms with E-state index >= 15 is 0 Å². The van der Waals surface area contributed by atoms with E-state index in [9.17, 15) is 0 Å². The molecule has 3 nitrogen and oxygen atoms in total. The Morgan fingerprint density at radius 1 is 1.05 bits per heavy atom. The van der Waals surface area contributed by atoms with Gasteiger partial charge in [-0.1, -0.05) is 31.2 Å². The minimum atomic E-state index is 0.577. The van der Waals surface area contributed by atoms with Crippen molar-refractivity contribution in [2.24, 2.45) is 0 Å². The summed E-state index contributed by atoms with van der Waals surface area (Å²) in [5.74, 6) is 0.810. The van der Waals surface area contributed by atoms with E-state index in [0.717, 1.165) is 31.0 Å². The number of aromatic nitrogens is 1. The van der Waals surface area contributed by atoms with Gasteiger partial charge < -0.3 is 10.1 Å². The van der Waals surface area contributed by atoms with Crippen molar-refractivity contribution in [1.29, 1.82) is 0 Å². The summed E-state index contributed by atoms with van der Waals surface area (Å²) in [4.78, 5) is 4.21. The molecule has 1 aromatic heterocycles. The largest absolute Gasteiger partial charge is 0.487 e. The number of hydrogen-bond acceptors (Lipinski definition) is 3. The first-order chi connectivity index (χ1) is 9.78. The molecule has 0 fully saturated rings. The number of rotatable bonds is 7. The highest BCUT2D eigenvalue weighted by molar-refractivity contribution is 5.24. The maximum atomic E-state index is 5.71. The monoisotopic (exact) mass is 270 g/mol. The molecule has 0 aliphatic carbocycles. The summed E-state index contributed by atoms with van der Waals surface area (Å²) < 4.78 is 5.71. The van der Waals surface area contributed by atoms with E-state index in [0.29, 0.717) is 6.61 Å². The van der Waals surface area contributed by atoms with Crippen molar-refractivity contribution in [3.8, 4) is 5.75 Å². The van der Waals surface area contributed by atoms with Gasteiger partial charge in [-0.25, -0.2) is 0 Å². The normalized spacial score (nSPS) is 10.5. The Morgan fingerprint density at radius 2 is 1.80 bits per heavy atom. The zero-order valence-corrected chi connectivity index (χ0v) is 12.2. The standard InChI is InChI=1S/C17H22N2O/c1-3-10-18-11-15-5-7-16(8-6-15)13-20-17-9-4-14(2)19-12-17/h4-9,12,18H,3,10-11,13H2,1-2H3. The summed E-state index contributed by atoms with van der Waals surface area (Å²) in [6.45, 7) is 6.71. The number of nitrogens with zero attached hydrogens (tertiary/aromatic N) is 1. The van der Waals surface area contributed by atoms with Crippen LogP contribution in [0.4, 0.5) is 0 Å². The van der Waals surface area contributed by atoms with Crippen LogP contribution in [0.3, 0.4) is 0 Å². The lowest BCUT2D eigenvalue weighted by Gasteiger charge is -2.07. The van der Waals surface area contributed by atoms with Crippen molar-refractivity contribution in [2.75, 3.05) is 6.54 Å². The molecule has 0 bridgehead atoms. The maximum absolute atomic E-state index is 5.71. The van der Waals surface area contributed by atoms with Crippen LogP contribution in [0.15, 0.2) is 42.6 Å². The highest BCUT2D eigenvalue weighted by Crippen LogP contribution is 2.12. The predicted octanol–water partition coefficient (Wildman–Crippen LogP) is 3.47. The molecule has 0 aliphatic heterocycles. The Bertz CT molecular complexity index is 506. The van der Waals surface area contributed by atoms with Gasteiger partial charge >= 0.3 is 0 Å². The van der Waals surface area contributed by atoms with Crippen molar-refractivity contribution in [3.05, 3.63) is 59.4 Å². The molecule has 0 aliphatic rings. The number of nitrogens with one attached hydrogen (secondary N) is 1. The van der Waals surface area contributed by atoms with Crippen molar-refractivity contribution in [3.63, 3.8) is 0 Å². The van der Waals surface area contributed by atoms with Crippen LogP contribution in [-0.4, -0.2) is 11.5 Å². The molecule has 0 unspecified atom stereocenters. The van der Waals surface area contributed by atoms with Gasteiger partial charge in [-0.2, -0.15) is 0 Å². The summed E-state index contributed by atoms with van der Waals surface area (Å²) in [5.41, 5.74) is 3.48. The van der Waals surface area contributed by atoms with Crippen LogP contribution < -0.4 is 10.1 Å². The van der Waals surface area contributed by atoms with E-state index in [1.54, 1.807) is 6.20 Å². The van der Waals surface area contributed by atoms with E-state index in [-0.39, 0.29) is 0 Å². The van der Waals surface area contributed by atoms with Crippen molar-refractivity contribution in [2.45, 2.75) is 33.4 Å². The summed E-state index contributed by atoms with van der Waals surface area (Å²) >= 11 is 0. The van der Waals surface area contributed by atoms with Crippen LogP contribution in [-0.2, 0) is 13.2 Å². The molecule has 2 aromatic rings. The molecule has 0 spiro atoms. The van der Waals surface area contributed by atoms with Crippen LogP contribution in [0, 0.1) is 6.92 Å². The number of benzene rings is 1. The average molecular weight is 270 g/mol. The third-order valence-electron chi connectivity index (χ3n) is 3.07. The molecular weight excluding hydrogens is 248 g/mol. The average Bonchev–Trinajstić information content (AvgIpc) is 2.48. The van der Waals surface area contributed by atoms with Gasteiger partial charge in [-0.15, -0.1) is 0 Å². The Kier molecular flexibility index (Phi) is 5.56. The molecule has 0 amide bonds. The first-order valence-electron chi connectivity index (χ1n) is 7.12. The highest BCUT2D eigenvalue weighted by atomic mass is 16.5. The zero-order chi connectivity index (χ0) is 14.2. The smallest absolute Gasteiger partial charge is 0.138 e. The van der Waals surface area contributed by atoms with Crippen LogP contribution in [0.2, 0.25) is 0 Å². The molecule has 20 heavy (non-hydrogen) atoms. The van der Waals surface area contributed by atoms with Crippen LogP contribution in [0.1, 0.15) is 30.2 Å². The number of pyridine rings is 1. The molecule has 3 heteroatoms. The Balaban J connectivity index is 1.82. The van der Waals surface area contributed by atoms with Gasteiger partial charge in [0.05, 0.1) is 6.20 Å². The third-order valence-corrected chi connectivity index (χ3v) is 3.07. The minimum absolute atomic E-state index is 0.577. The molecule has 0 saturated carbocycles. The topological polar surface area (TPSA) is 34.1 Å². The van der Waals surface area contributed by atoms with Gasteiger partial charge in [-0.05, 0) is 43.1 Å². The van der Waals surface area contributed by atoms with E-state index in [4.69, 9.17) is 4.74 Å². The number of aryl methyl sites for hydroxylation is 1. The summed E-state index contributed by atoms with van der Waals surface area (Å²) in [5, 5.41) is 3.39. The fourth-order valence-electron chi connectivity index (χ4n) is 1.87. The van der Waals surface area contributed by atoms with Crippen molar-refractivity contribution >= 4 is 0 Å². The molecule has 1 aromatic carbocycles. The predicted molar refractivity (Wildman–Crippen MR) is 81.7 cm³/mol. The lowest BCUT2D eigenvalue weighted by atomic mass is 10.1. The van der Waals surface area contributed by atoms with Crippen molar-refractivity contribution < 1.29 is 4.74 Å². The number of ether oxygens (including phenoxy) is 1. The molecular formula is C17H22N2O. The van der Waals surface area contributed by atoms with Crippen molar-refractivity contribution in [1.82, 2.24) is 10.3 Å². The van der Waals surface area contributed by atoms with Gasteiger partial charge in [0.2, 0.25) is 0 Å². The maximum Gasteiger partial charge on any atom is 0.138 e. The summed E-state index contributed by atoms with van der Waals surface area (Å²) in [7, 11) is 0. The lowest BCUT2D eigenvalue weighted by molar-refractivity contribution is 0.305. The number of hydrogen-bond donors (Lipinski definition) is 1. The molecule has 0 saturated heterocycles. The molecule has 0 radical (unpaired) electrons. The van der Waals surface area contributed by atoms with Gasteiger partial charge in [-0.3, -0.25) is 4.98 Å². The van der Waals surface area contributed by atoms with E-state index < -0.39 is 0 Å². The zero-order valence-electron chi connectivity index (χ0n) is 12.2. The second-order valence-electron chi connectivity index (χ2n) is 4.92. The second-order valence-corrected chi connectivity index (χ2v) is 4.92. The molecule has 0 atom stereocenters. The highest BCUT2D eigenvalue weighted by Gasteiger charge is 1.98. The third kappa shape index (κ3) is 4.67. The molecule has 106 valence electrons. The van der Waals surface area contributed by atoms with E-state index in [1.807, 2.05) is 19.1 Å². The lowest BCUT2D eigenvalue weighted by Crippen LogP contribution is -2.13. The van der Waals surface area contributed by atoms with Gasteiger partial charge in [0.1, 0.15) is 12.4 Å². The Hall–Kier alpha value is -1.87. The first kappa shape index (κ1) is 14.5. The Morgan fingerprint density at radius 3 is 2.45 bits per heavy atom.